The number of hydrogen-bond acceptors (Lipinski definition) is 6. The summed E-state index contributed by atoms with van der Waals surface area (Å²) in [7, 11) is 0. The molecule has 10 rings (SSSR count). The fourth-order valence-corrected chi connectivity index (χ4v) is 8.67. The van der Waals surface area contributed by atoms with E-state index in [1.165, 1.54) is 50.2 Å². The second kappa shape index (κ2) is 24.2. The van der Waals surface area contributed by atoms with E-state index in [2.05, 4.69) is 294 Å². The third-order valence-electron chi connectivity index (χ3n) is 12.5. The van der Waals surface area contributed by atoms with Crippen LogP contribution in [-0.2, 0) is 0 Å². The monoisotopic (exact) mass is 991 g/mol. The standard InChI is InChI=1S/C25H21NS.C21H21NS.C20H19NS/c1-19-7-11-22(12-8-19)26(24-15-17-25(27)18-16-24)23-13-9-21(10-14-23)20-5-3-2-4-6-20;1-15-4-7-18(8-5-15)22(19-10-12-21(23)13-11-19)20-9-6-16(2)17(3)14-20;1-15-3-7-17(8-4-15)21(18-9-5-16(2)6-10-18)19-11-13-20(22)14-12-19/h2-18,27H,1H3;4-14,23H,1-3H3;3-14,22H,1-2H3. The first-order valence-corrected chi connectivity index (χ1v) is 25.5. The number of hydrogen-bond donors (Lipinski definition) is 3. The fourth-order valence-electron chi connectivity index (χ4n) is 8.22. The largest absolute Gasteiger partial charge is 0.311 e. The summed E-state index contributed by atoms with van der Waals surface area (Å²) in [6.45, 7) is 12.7. The Balaban J connectivity index is 0.000000145. The number of thiol groups is 3. The lowest BCUT2D eigenvalue weighted by atomic mass is 10.0. The summed E-state index contributed by atoms with van der Waals surface area (Å²) in [5.41, 5.74) is 20.4. The van der Waals surface area contributed by atoms with E-state index in [1.807, 2.05) is 42.5 Å². The van der Waals surface area contributed by atoms with E-state index in [-0.39, 0.29) is 0 Å². The second-order valence-electron chi connectivity index (χ2n) is 18.1. The molecule has 0 N–H and O–H groups in total. The van der Waals surface area contributed by atoms with Crippen LogP contribution in [0.25, 0.3) is 11.1 Å². The Morgan fingerprint density at radius 2 is 0.458 bits per heavy atom. The summed E-state index contributed by atoms with van der Waals surface area (Å²) < 4.78 is 0. The first kappa shape index (κ1) is 51.0. The van der Waals surface area contributed by atoms with Gasteiger partial charge in [0.25, 0.3) is 0 Å². The Kier molecular flexibility index (Phi) is 17.1. The van der Waals surface area contributed by atoms with Crippen molar-refractivity contribution in [3.05, 3.63) is 276 Å². The van der Waals surface area contributed by atoms with Crippen molar-refractivity contribution in [1.29, 1.82) is 0 Å². The molecule has 358 valence electrons. The van der Waals surface area contributed by atoms with Gasteiger partial charge >= 0.3 is 0 Å². The van der Waals surface area contributed by atoms with Crippen LogP contribution >= 0.6 is 37.9 Å². The Hall–Kier alpha value is -7.35. The SMILES string of the molecule is Cc1ccc(N(c2ccc(C)cc2)c2ccc(S)cc2)cc1.Cc1ccc(N(c2ccc(S)cc2)c2ccc(-c3ccccc3)cc2)cc1.Cc1ccc(N(c2ccc(S)cc2)c2ccc(C)c(C)c2)cc1. The van der Waals surface area contributed by atoms with E-state index in [4.69, 9.17) is 0 Å². The molecular weight excluding hydrogens is 931 g/mol. The van der Waals surface area contributed by atoms with E-state index in [0.717, 1.165) is 60.2 Å². The summed E-state index contributed by atoms with van der Waals surface area (Å²) >= 11 is 13.2. The minimum Gasteiger partial charge on any atom is -0.311 e. The van der Waals surface area contributed by atoms with Crippen LogP contribution in [0.1, 0.15) is 33.4 Å². The van der Waals surface area contributed by atoms with Gasteiger partial charge in [-0.2, -0.15) is 0 Å². The second-order valence-corrected chi connectivity index (χ2v) is 19.6. The van der Waals surface area contributed by atoms with Crippen molar-refractivity contribution >= 4 is 89.1 Å². The van der Waals surface area contributed by atoms with Gasteiger partial charge in [0.1, 0.15) is 0 Å². The number of aryl methyl sites for hydroxylation is 6. The maximum absolute atomic E-state index is 4.42. The number of anilines is 9. The molecule has 10 aromatic rings. The Bertz CT molecular complexity index is 3070. The van der Waals surface area contributed by atoms with Crippen molar-refractivity contribution in [2.75, 3.05) is 14.7 Å². The third kappa shape index (κ3) is 13.3. The van der Waals surface area contributed by atoms with Crippen LogP contribution in [0.4, 0.5) is 51.2 Å². The topological polar surface area (TPSA) is 9.72 Å². The van der Waals surface area contributed by atoms with Crippen LogP contribution in [0.2, 0.25) is 0 Å². The number of rotatable bonds is 10. The average Bonchev–Trinajstić information content (AvgIpc) is 3.40. The molecule has 0 radical (unpaired) electrons. The van der Waals surface area contributed by atoms with Gasteiger partial charge < -0.3 is 14.7 Å². The molecule has 0 amide bonds. The molecule has 10 aromatic carbocycles. The van der Waals surface area contributed by atoms with E-state index in [1.54, 1.807) is 0 Å². The van der Waals surface area contributed by atoms with E-state index in [0.29, 0.717) is 0 Å². The van der Waals surface area contributed by atoms with Gasteiger partial charge in [-0.1, -0.05) is 119 Å². The highest BCUT2D eigenvalue weighted by Crippen LogP contribution is 2.39. The quantitative estimate of drug-likeness (QED) is 0.118. The Morgan fingerprint density at radius 1 is 0.222 bits per heavy atom. The van der Waals surface area contributed by atoms with Crippen molar-refractivity contribution in [3.63, 3.8) is 0 Å². The van der Waals surface area contributed by atoms with E-state index in [9.17, 15) is 0 Å². The molecule has 0 aromatic heterocycles. The maximum atomic E-state index is 4.42. The van der Waals surface area contributed by atoms with Crippen molar-refractivity contribution in [2.45, 2.75) is 56.2 Å². The lowest BCUT2D eigenvalue weighted by Crippen LogP contribution is -2.10. The molecule has 0 aliphatic rings. The van der Waals surface area contributed by atoms with Gasteiger partial charge in [0.05, 0.1) is 0 Å². The highest BCUT2D eigenvalue weighted by atomic mass is 32.1. The predicted molar refractivity (Wildman–Crippen MR) is 319 cm³/mol. The summed E-state index contributed by atoms with van der Waals surface area (Å²) in [5, 5.41) is 0. The lowest BCUT2D eigenvalue weighted by Gasteiger charge is -2.26. The molecule has 0 spiro atoms. The Labute approximate surface area is 444 Å². The summed E-state index contributed by atoms with van der Waals surface area (Å²) in [5.74, 6) is 0. The van der Waals surface area contributed by atoms with Gasteiger partial charge in [-0.05, 0) is 209 Å². The maximum Gasteiger partial charge on any atom is 0.0464 e. The van der Waals surface area contributed by atoms with Crippen molar-refractivity contribution in [1.82, 2.24) is 0 Å². The Morgan fingerprint density at radius 3 is 0.750 bits per heavy atom. The van der Waals surface area contributed by atoms with Gasteiger partial charge in [0.15, 0.2) is 0 Å². The van der Waals surface area contributed by atoms with Gasteiger partial charge in [0, 0.05) is 65.9 Å². The van der Waals surface area contributed by atoms with Crippen LogP contribution in [-0.4, -0.2) is 0 Å². The molecular formula is C66H61N3S3. The van der Waals surface area contributed by atoms with Crippen molar-refractivity contribution in [3.8, 4) is 11.1 Å². The highest BCUT2D eigenvalue weighted by molar-refractivity contribution is 7.80. The van der Waals surface area contributed by atoms with E-state index >= 15 is 0 Å². The number of nitrogens with zero attached hydrogens (tertiary/aromatic N) is 3. The van der Waals surface area contributed by atoms with Crippen molar-refractivity contribution < 1.29 is 0 Å². The normalized spacial score (nSPS) is 10.6. The molecule has 0 fully saturated rings. The van der Waals surface area contributed by atoms with Crippen LogP contribution in [0.5, 0.6) is 0 Å². The zero-order valence-electron chi connectivity index (χ0n) is 41.8. The molecule has 0 heterocycles. The predicted octanol–water partition coefficient (Wildman–Crippen LogP) is 19.9. The molecule has 72 heavy (non-hydrogen) atoms. The fraction of sp³-hybridized carbons (Fsp3) is 0.0909. The zero-order chi connectivity index (χ0) is 50.6. The molecule has 0 unspecified atom stereocenters. The lowest BCUT2D eigenvalue weighted by molar-refractivity contribution is 1.24. The smallest absolute Gasteiger partial charge is 0.0464 e. The van der Waals surface area contributed by atoms with Gasteiger partial charge in [-0.15, -0.1) is 37.9 Å². The third-order valence-corrected chi connectivity index (χ3v) is 13.4. The average molecular weight is 992 g/mol. The molecule has 0 saturated carbocycles. The van der Waals surface area contributed by atoms with Gasteiger partial charge in [-0.3, -0.25) is 0 Å². The van der Waals surface area contributed by atoms with Crippen LogP contribution in [0.15, 0.2) is 257 Å². The molecule has 0 atom stereocenters. The van der Waals surface area contributed by atoms with Gasteiger partial charge in [-0.25, -0.2) is 0 Å². The van der Waals surface area contributed by atoms with Crippen LogP contribution < -0.4 is 14.7 Å². The minimum absolute atomic E-state index is 0.960. The minimum atomic E-state index is 0.960. The zero-order valence-corrected chi connectivity index (χ0v) is 44.5. The molecule has 0 aliphatic carbocycles. The molecule has 3 nitrogen and oxygen atoms in total. The van der Waals surface area contributed by atoms with Gasteiger partial charge in [0.2, 0.25) is 0 Å². The summed E-state index contributed by atoms with van der Waals surface area (Å²) in [4.78, 5) is 9.70. The summed E-state index contributed by atoms with van der Waals surface area (Å²) in [6.07, 6.45) is 0. The molecule has 0 saturated heterocycles. The highest BCUT2D eigenvalue weighted by Gasteiger charge is 2.15. The first-order chi connectivity index (χ1) is 34.9. The molecule has 0 aliphatic heterocycles. The van der Waals surface area contributed by atoms with E-state index < -0.39 is 0 Å². The summed E-state index contributed by atoms with van der Waals surface area (Å²) in [6, 6.07) is 85.0. The molecule has 0 bridgehead atoms. The van der Waals surface area contributed by atoms with Crippen LogP contribution in [0.3, 0.4) is 0 Å². The first-order valence-electron chi connectivity index (χ1n) is 24.2. The number of benzene rings is 10. The van der Waals surface area contributed by atoms with Crippen LogP contribution in [0, 0.1) is 41.5 Å². The van der Waals surface area contributed by atoms with Crippen molar-refractivity contribution in [2.24, 2.45) is 0 Å². The molecule has 6 heteroatoms.